The van der Waals surface area contributed by atoms with Crippen LogP contribution in [0.2, 0.25) is 0 Å². The zero-order chi connectivity index (χ0) is 17.5. The molecule has 0 bridgehead atoms. The molecule has 0 fully saturated rings. The van der Waals surface area contributed by atoms with Gasteiger partial charge in [0, 0.05) is 35.3 Å². The number of carbonyl (C=O) groups is 2. The van der Waals surface area contributed by atoms with E-state index in [0.717, 1.165) is 10.0 Å². The number of nitrogens with one attached hydrogen (secondary N) is 2. The van der Waals surface area contributed by atoms with E-state index < -0.39 is 0 Å². The van der Waals surface area contributed by atoms with Gasteiger partial charge >= 0.3 is 0 Å². The normalized spacial score (nSPS) is 10.6. The van der Waals surface area contributed by atoms with Crippen molar-refractivity contribution >= 4 is 33.8 Å². The number of halogens is 2. The summed E-state index contributed by atoms with van der Waals surface area (Å²) in [6.45, 7) is 0.101. The summed E-state index contributed by atoms with van der Waals surface area (Å²) in [6.07, 6.45) is 2.99. The third-order valence-electron chi connectivity index (χ3n) is 3.29. The second-order valence-electron chi connectivity index (χ2n) is 4.99. The maximum Gasteiger partial charge on any atom is 0.251 e. The summed E-state index contributed by atoms with van der Waals surface area (Å²) in [7, 11) is 1.56. The molecule has 2 aromatic carbocycles. The first-order valence-electron chi connectivity index (χ1n) is 7.21. The maximum absolute atomic E-state index is 13.6. The monoisotopic (exact) mass is 390 g/mol. The Kier molecular flexibility index (Phi) is 6.26. The number of carbonyl (C=O) groups excluding carboxylic acids is 2. The highest BCUT2D eigenvalue weighted by Crippen LogP contribution is 2.15. The molecule has 0 spiro atoms. The van der Waals surface area contributed by atoms with Crippen LogP contribution in [0.15, 0.2) is 53.0 Å². The molecule has 2 amide bonds. The van der Waals surface area contributed by atoms with Crippen molar-refractivity contribution in [2.45, 2.75) is 6.54 Å². The first kappa shape index (κ1) is 17.9. The Hall–Kier alpha value is -2.47. The summed E-state index contributed by atoms with van der Waals surface area (Å²) < 4.78 is 14.3. The molecule has 4 nitrogen and oxygen atoms in total. The second kappa shape index (κ2) is 8.40. The summed E-state index contributed by atoms with van der Waals surface area (Å²) in [4.78, 5) is 23.2. The average Bonchev–Trinajstić information content (AvgIpc) is 2.60. The van der Waals surface area contributed by atoms with E-state index in [1.807, 2.05) is 0 Å². The van der Waals surface area contributed by atoms with E-state index in [1.54, 1.807) is 49.5 Å². The van der Waals surface area contributed by atoms with Crippen molar-refractivity contribution in [3.05, 3.63) is 75.5 Å². The lowest BCUT2D eigenvalue weighted by atomic mass is 10.1. The zero-order valence-electron chi connectivity index (χ0n) is 13.0. The van der Waals surface area contributed by atoms with Crippen LogP contribution in [0.25, 0.3) is 6.08 Å². The topological polar surface area (TPSA) is 58.2 Å². The zero-order valence-corrected chi connectivity index (χ0v) is 14.6. The largest absolute Gasteiger partial charge is 0.355 e. The fraction of sp³-hybridized carbons (Fsp3) is 0.111. The van der Waals surface area contributed by atoms with Crippen molar-refractivity contribution in [2.75, 3.05) is 7.05 Å². The van der Waals surface area contributed by atoms with Crippen molar-refractivity contribution in [2.24, 2.45) is 0 Å². The Morgan fingerprint density at radius 3 is 2.54 bits per heavy atom. The van der Waals surface area contributed by atoms with E-state index in [0.29, 0.717) is 11.1 Å². The van der Waals surface area contributed by atoms with Crippen molar-refractivity contribution in [3.63, 3.8) is 0 Å². The number of hydrogen-bond donors (Lipinski definition) is 2. The van der Waals surface area contributed by atoms with Gasteiger partial charge in [-0.15, -0.1) is 0 Å². The van der Waals surface area contributed by atoms with Gasteiger partial charge < -0.3 is 10.6 Å². The molecule has 0 saturated heterocycles. The summed E-state index contributed by atoms with van der Waals surface area (Å²) in [5.74, 6) is -0.864. The van der Waals surface area contributed by atoms with Crippen molar-refractivity contribution in [1.82, 2.24) is 10.6 Å². The number of benzene rings is 2. The molecule has 0 radical (unpaired) electrons. The lowest BCUT2D eigenvalue weighted by Gasteiger charge is -2.05. The Bertz CT molecular complexity index is 773. The van der Waals surface area contributed by atoms with E-state index in [2.05, 4.69) is 26.6 Å². The molecule has 0 heterocycles. The Labute approximate surface area is 147 Å². The van der Waals surface area contributed by atoms with Crippen molar-refractivity contribution < 1.29 is 14.0 Å². The molecule has 2 aromatic rings. The Morgan fingerprint density at radius 1 is 1.17 bits per heavy atom. The van der Waals surface area contributed by atoms with Crippen LogP contribution < -0.4 is 10.6 Å². The average molecular weight is 391 g/mol. The molecule has 0 saturated carbocycles. The standard InChI is InChI=1S/C18H16BrFN2O2/c1-21-18(24)13-5-2-12(3-6-13)4-9-17(23)22-11-14-10-15(19)7-8-16(14)20/h2-10H,11H2,1H3,(H,21,24)(H,22,23)/b9-4+. The van der Waals surface area contributed by atoms with Crippen LogP contribution >= 0.6 is 15.9 Å². The van der Waals surface area contributed by atoms with Crippen LogP contribution in [0, 0.1) is 5.82 Å². The van der Waals surface area contributed by atoms with Crippen LogP contribution in [0.1, 0.15) is 21.5 Å². The molecule has 124 valence electrons. The highest BCUT2D eigenvalue weighted by atomic mass is 79.9. The van der Waals surface area contributed by atoms with Crippen LogP contribution in [0.3, 0.4) is 0 Å². The van der Waals surface area contributed by atoms with Crippen molar-refractivity contribution in [3.8, 4) is 0 Å². The molecule has 0 aromatic heterocycles. The highest BCUT2D eigenvalue weighted by molar-refractivity contribution is 9.10. The molecule has 0 aliphatic rings. The minimum atomic E-state index is -0.368. The predicted octanol–water partition coefficient (Wildman–Crippen LogP) is 3.28. The molecule has 0 aliphatic heterocycles. The maximum atomic E-state index is 13.6. The third-order valence-corrected chi connectivity index (χ3v) is 3.78. The van der Waals surface area contributed by atoms with Gasteiger partial charge in [0.2, 0.25) is 5.91 Å². The summed E-state index contributed by atoms with van der Waals surface area (Å²) in [5, 5.41) is 5.16. The first-order chi connectivity index (χ1) is 11.5. The predicted molar refractivity (Wildman–Crippen MR) is 94.8 cm³/mol. The van der Waals surface area contributed by atoms with E-state index in [4.69, 9.17) is 0 Å². The first-order valence-corrected chi connectivity index (χ1v) is 8.01. The molecule has 0 atom stereocenters. The molecule has 2 N–H and O–H groups in total. The minimum absolute atomic E-state index is 0.101. The van der Waals surface area contributed by atoms with E-state index in [1.165, 1.54) is 12.1 Å². The number of hydrogen-bond acceptors (Lipinski definition) is 2. The molecular weight excluding hydrogens is 375 g/mol. The molecule has 6 heteroatoms. The SMILES string of the molecule is CNC(=O)c1ccc(/C=C/C(=O)NCc2cc(Br)ccc2F)cc1. The van der Waals surface area contributed by atoms with Gasteiger partial charge in [-0.1, -0.05) is 28.1 Å². The number of amides is 2. The lowest BCUT2D eigenvalue weighted by Crippen LogP contribution is -2.20. The van der Waals surface area contributed by atoms with Gasteiger partial charge in [0.05, 0.1) is 0 Å². The molecule has 0 aliphatic carbocycles. The van der Waals surface area contributed by atoms with E-state index >= 15 is 0 Å². The van der Waals surface area contributed by atoms with Crippen LogP contribution in [-0.4, -0.2) is 18.9 Å². The van der Waals surface area contributed by atoms with E-state index in [9.17, 15) is 14.0 Å². The van der Waals surface area contributed by atoms with Gasteiger partial charge in [-0.05, 0) is 42.0 Å². The quantitative estimate of drug-likeness (QED) is 0.769. The van der Waals surface area contributed by atoms with Gasteiger partial charge in [0.1, 0.15) is 5.82 Å². The Morgan fingerprint density at radius 2 is 1.88 bits per heavy atom. The summed E-state index contributed by atoms with van der Waals surface area (Å²) in [5.41, 5.74) is 1.73. The highest BCUT2D eigenvalue weighted by Gasteiger charge is 2.04. The second-order valence-corrected chi connectivity index (χ2v) is 5.90. The van der Waals surface area contributed by atoms with Crippen LogP contribution in [0.5, 0.6) is 0 Å². The fourth-order valence-corrected chi connectivity index (χ4v) is 2.39. The molecular formula is C18H16BrFN2O2. The molecule has 0 unspecified atom stereocenters. The number of rotatable bonds is 5. The van der Waals surface area contributed by atoms with E-state index in [-0.39, 0.29) is 24.2 Å². The lowest BCUT2D eigenvalue weighted by molar-refractivity contribution is -0.116. The van der Waals surface area contributed by atoms with Gasteiger partial charge in [0.25, 0.3) is 5.91 Å². The summed E-state index contributed by atoms with van der Waals surface area (Å²) in [6, 6.07) is 11.4. The third kappa shape index (κ3) is 5.03. The van der Waals surface area contributed by atoms with Crippen LogP contribution in [0.4, 0.5) is 4.39 Å². The molecule has 2 rings (SSSR count). The van der Waals surface area contributed by atoms with Crippen molar-refractivity contribution in [1.29, 1.82) is 0 Å². The van der Waals surface area contributed by atoms with Gasteiger partial charge in [-0.2, -0.15) is 0 Å². The summed E-state index contributed by atoms with van der Waals surface area (Å²) >= 11 is 3.26. The molecule has 24 heavy (non-hydrogen) atoms. The smallest absolute Gasteiger partial charge is 0.251 e. The van der Waals surface area contributed by atoms with Gasteiger partial charge in [-0.3, -0.25) is 9.59 Å². The Balaban J connectivity index is 1.93. The van der Waals surface area contributed by atoms with Crippen LogP contribution in [-0.2, 0) is 11.3 Å². The van der Waals surface area contributed by atoms with Gasteiger partial charge in [-0.25, -0.2) is 4.39 Å². The minimum Gasteiger partial charge on any atom is -0.355 e. The van der Waals surface area contributed by atoms with Gasteiger partial charge in [0.15, 0.2) is 0 Å². The fourth-order valence-electron chi connectivity index (χ4n) is 1.98.